The van der Waals surface area contributed by atoms with Gasteiger partial charge in [-0.1, -0.05) is 36.4 Å². The quantitative estimate of drug-likeness (QED) is 0.792. The fourth-order valence-electron chi connectivity index (χ4n) is 1.34. The van der Waals surface area contributed by atoms with E-state index in [1.54, 1.807) is 18.2 Å². The summed E-state index contributed by atoms with van der Waals surface area (Å²) in [6.45, 7) is -0.963. The molecule has 0 heterocycles. The topological polar surface area (TPSA) is 124 Å². The van der Waals surface area contributed by atoms with Gasteiger partial charge >= 0.3 is 5.71 Å². The van der Waals surface area contributed by atoms with Crippen LogP contribution in [0.2, 0.25) is 0 Å². The lowest BCUT2D eigenvalue weighted by atomic mass is 10.3. The average molecular weight is 339 g/mol. The molecule has 2 aromatic rings. The summed E-state index contributed by atoms with van der Waals surface area (Å²) in [5.41, 5.74) is 3.31. The minimum Gasteiger partial charge on any atom is -0.770 e. The van der Waals surface area contributed by atoms with Crippen LogP contribution in [0, 0.1) is 0 Å². The molecule has 2 aromatic carbocycles. The molecular weight excluding hydrogens is 321 g/mol. The van der Waals surface area contributed by atoms with Crippen molar-refractivity contribution in [3.8, 4) is 5.75 Å². The highest BCUT2D eigenvalue weighted by Gasteiger charge is 2.22. The largest absolute Gasteiger partial charge is 0.770 e. The summed E-state index contributed by atoms with van der Waals surface area (Å²) in [7, 11) is -4.74. The molecule has 2 rings (SSSR count). The van der Waals surface area contributed by atoms with Crippen molar-refractivity contribution in [1.82, 2.24) is 0 Å². The highest BCUT2D eigenvalue weighted by Crippen LogP contribution is 2.39. The van der Waals surface area contributed by atoms with Gasteiger partial charge in [0.15, 0.2) is 0 Å². The van der Waals surface area contributed by atoms with Crippen LogP contribution >= 0.6 is 7.60 Å². The van der Waals surface area contributed by atoms with E-state index in [4.69, 9.17) is 5.11 Å². The third-order valence-corrected chi connectivity index (χ3v) is 3.43. The third kappa shape index (κ3) is 7.69. The molecule has 23 heavy (non-hydrogen) atoms. The summed E-state index contributed by atoms with van der Waals surface area (Å²) < 4.78 is 19.9. The van der Waals surface area contributed by atoms with Crippen LogP contribution in [0.25, 0.3) is 0 Å². The molecular formula is C15H18NO6P. The first kappa shape index (κ1) is 19.0. The van der Waals surface area contributed by atoms with Crippen molar-refractivity contribution in [1.29, 1.82) is 0 Å². The predicted octanol–water partition coefficient (Wildman–Crippen LogP) is 1.31. The summed E-state index contributed by atoms with van der Waals surface area (Å²) in [6, 6.07) is 17.6. The summed E-state index contributed by atoms with van der Waals surface area (Å²) >= 11 is 0. The second-order valence-electron chi connectivity index (χ2n) is 4.22. The first-order valence-corrected chi connectivity index (χ1v) is 8.21. The van der Waals surface area contributed by atoms with Gasteiger partial charge in [0.05, 0.1) is 13.2 Å². The van der Waals surface area contributed by atoms with Gasteiger partial charge in [-0.05, 0) is 24.3 Å². The first-order valence-electron chi connectivity index (χ1n) is 6.66. The van der Waals surface area contributed by atoms with Crippen molar-refractivity contribution in [2.45, 2.75) is 0 Å². The molecule has 0 aromatic heterocycles. The highest BCUT2D eigenvalue weighted by atomic mass is 31.2. The summed E-state index contributed by atoms with van der Waals surface area (Å²) in [4.78, 5) is 22.2. The molecule has 124 valence electrons. The number of hydrogen-bond acceptors (Lipinski definition) is 6. The van der Waals surface area contributed by atoms with Crippen LogP contribution in [0.4, 0.5) is 10.5 Å². The van der Waals surface area contributed by atoms with Gasteiger partial charge in [0, 0.05) is 0 Å². The average Bonchev–Trinajstić information content (AvgIpc) is 2.55. The van der Waals surface area contributed by atoms with Crippen LogP contribution < -0.4 is 15.4 Å². The number of hydrogen-bond donors (Lipinski definition) is 2. The molecule has 0 aliphatic carbocycles. The number of rotatable bonds is 5. The maximum absolute atomic E-state index is 11.1. The molecule has 7 nitrogen and oxygen atoms in total. The zero-order chi connectivity index (χ0) is 17.1. The van der Waals surface area contributed by atoms with Crippen LogP contribution in [0.15, 0.2) is 60.7 Å². The smallest absolute Gasteiger partial charge is 0.382 e. The number of para-hydroxylation sites is 1. The second kappa shape index (κ2) is 9.89. The molecule has 0 amide bonds. The van der Waals surface area contributed by atoms with Crippen molar-refractivity contribution in [2.24, 2.45) is 0 Å². The number of benzene rings is 2. The van der Waals surface area contributed by atoms with Crippen LogP contribution in [-0.4, -0.2) is 24.0 Å². The van der Waals surface area contributed by atoms with E-state index in [-0.39, 0.29) is 5.75 Å². The number of carbonyl (C=O) groups excluding carboxylic acids is 1. The highest BCUT2D eigenvalue weighted by molar-refractivity contribution is 7.69. The molecule has 1 atom stereocenters. The molecule has 0 spiro atoms. The Bertz CT molecular complexity index is 635. The molecule has 0 bridgehead atoms. The SMILES string of the molecule is O=C(Oc1ccccc1)P(=O)([O-])OCCO.[NH3+]c1ccccc1. The van der Waals surface area contributed by atoms with E-state index in [1.165, 1.54) is 12.1 Å². The van der Waals surface area contributed by atoms with Crippen LogP contribution in [-0.2, 0) is 9.09 Å². The van der Waals surface area contributed by atoms with E-state index in [1.807, 2.05) is 30.3 Å². The van der Waals surface area contributed by atoms with Gasteiger partial charge < -0.3 is 25.0 Å². The molecule has 0 fully saturated rings. The Labute approximate surface area is 133 Å². The minimum absolute atomic E-state index is 0.108. The number of aliphatic hydroxyl groups excluding tert-OH is 1. The summed E-state index contributed by atoms with van der Waals surface area (Å²) in [5.74, 6) is 0.108. The lowest BCUT2D eigenvalue weighted by Crippen LogP contribution is -2.39. The van der Waals surface area contributed by atoms with Gasteiger partial charge in [-0.15, -0.1) is 0 Å². The lowest BCUT2D eigenvalue weighted by Gasteiger charge is -2.20. The Morgan fingerprint density at radius 3 is 2.04 bits per heavy atom. The lowest BCUT2D eigenvalue weighted by molar-refractivity contribution is -0.254. The third-order valence-electron chi connectivity index (χ3n) is 2.37. The zero-order valence-corrected chi connectivity index (χ0v) is 13.2. The Hall–Kier alpha value is -2.02. The van der Waals surface area contributed by atoms with E-state index in [0.29, 0.717) is 0 Å². The van der Waals surface area contributed by atoms with E-state index in [2.05, 4.69) is 15.0 Å². The van der Waals surface area contributed by atoms with Crippen LogP contribution in [0.1, 0.15) is 0 Å². The molecule has 0 radical (unpaired) electrons. The van der Waals surface area contributed by atoms with Crippen molar-refractivity contribution in [3.63, 3.8) is 0 Å². The Morgan fingerprint density at radius 2 is 1.61 bits per heavy atom. The number of aliphatic hydroxyl groups is 1. The Balaban J connectivity index is 0.000000313. The van der Waals surface area contributed by atoms with E-state index < -0.39 is 26.5 Å². The first-order chi connectivity index (χ1) is 11.0. The standard InChI is InChI=1S/C9H11O6P.C6H7N/c10-6-7-14-16(12,13)9(11)15-8-4-2-1-3-5-8;7-6-4-2-1-3-5-6/h1-5,10H,6-7H2,(H,12,13);1-5H,7H2. The molecule has 0 aliphatic rings. The van der Waals surface area contributed by atoms with E-state index in [0.717, 1.165) is 5.69 Å². The van der Waals surface area contributed by atoms with Crippen molar-refractivity contribution < 1.29 is 34.4 Å². The predicted molar refractivity (Wildman–Crippen MR) is 82.1 cm³/mol. The second-order valence-corrected chi connectivity index (χ2v) is 5.84. The molecule has 0 saturated carbocycles. The van der Waals surface area contributed by atoms with Gasteiger partial charge in [-0.3, -0.25) is 4.57 Å². The van der Waals surface area contributed by atoms with Crippen molar-refractivity contribution >= 4 is 19.0 Å². The molecule has 0 saturated heterocycles. The Morgan fingerprint density at radius 1 is 1.09 bits per heavy atom. The summed E-state index contributed by atoms with van der Waals surface area (Å²) in [5, 5.41) is 8.36. The molecule has 8 heteroatoms. The summed E-state index contributed by atoms with van der Waals surface area (Å²) in [6.07, 6.45) is 0. The fourth-order valence-corrected chi connectivity index (χ4v) is 1.98. The molecule has 0 aliphatic heterocycles. The van der Waals surface area contributed by atoms with Gasteiger partial charge in [-0.25, -0.2) is 4.79 Å². The monoisotopic (exact) mass is 339 g/mol. The van der Waals surface area contributed by atoms with Crippen LogP contribution in [0.5, 0.6) is 5.75 Å². The van der Waals surface area contributed by atoms with Crippen LogP contribution in [0.3, 0.4) is 0 Å². The van der Waals surface area contributed by atoms with Crippen molar-refractivity contribution in [3.05, 3.63) is 60.7 Å². The number of quaternary nitrogens is 1. The minimum atomic E-state index is -4.74. The zero-order valence-electron chi connectivity index (χ0n) is 12.3. The molecule has 1 unspecified atom stereocenters. The van der Waals surface area contributed by atoms with Gasteiger partial charge in [0.25, 0.3) is 0 Å². The van der Waals surface area contributed by atoms with Gasteiger partial charge in [0.1, 0.15) is 11.4 Å². The number of carbonyl (C=O) groups is 1. The van der Waals surface area contributed by atoms with Gasteiger partial charge in [0.2, 0.25) is 7.60 Å². The molecule has 4 N–H and O–H groups in total. The fraction of sp³-hybridized carbons (Fsp3) is 0.133. The van der Waals surface area contributed by atoms with E-state index >= 15 is 0 Å². The van der Waals surface area contributed by atoms with Gasteiger partial charge in [-0.2, -0.15) is 0 Å². The van der Waals surface area contributed by atoms with E-state index in [9.17, 15) is 14.3 Å². The van der Waals surface area contributed by atoms with Crippen molar-refractivity contribution in [2.75, 3.05) is 13.2 Å². The maximum Gasteiger partial charge on any atom is 0.382 e. The Kier molecular flexibility index (Phi) is 8.18. The normalized spacial score (nSPS) is 12.5. The number of ether oxygens (including phenoxy) is 1. The maximum atomic E-state index is 11.1.